The van der Waals surface area contributed by atoms with Gasteiger partial charge in [-0.05, 0) is 71.6 Å². The van der Waals surface area contributed by atoms with Gasteiger partial charge in [0.2, 0.25) is 0 Å². The van der Waals surface area contributed by atoms with Crippen LogP contribution in [0.3, 0.4) is 0 Å². The van der Waals surface area contributed by atoms with E-state index in [1.807, 2.05) is 36.4 Å². The molecule has 0 saturated carbocycles. The maximum absolute atomic E-state index is 9.43. The van der Waals surface area contributed by atoms with E-state index < -0.39 is 0 Å². The zero-order chi connectivity index (χ0) is 22.8. The standard InChI is InChI=1S/C29H32N2O/c1-4-28(24-12-8-7-9-13-24)29(26-14-10-11-23(21-26)22-30)25-15-17-27(18-16-25)32-20-19-31(5-2)6-3/h7-18,21H,4-6,19-20H2,1-3H3/b29-28+. The fourth-order valence-electron chi connectivity index (χ4n) is 3.97. The lowest BCUT2D eigenvalue weighted by molar-refractivity contribution is 0.223. The second kappa shape index (κ2) is 11.9. The molecule has 0 aromatic heterocycles. The van der Waals surface area contributed by atoms with Crippen molar-refractivity contribution in [1.29, 1.82) is 5.26 Å². The van der Waals surface area contributed by atoms with Crippen molar-refractivity contribution in [1.82, 2.24) is 4.90 Å². The third-order valence-electron chi connectivity index (χ3n) is 5.77. The van der Waals surface area contributed by atoms with Crippen molar-refractivity contribution >= 4 is 11.1 Å². The van der Waals surface area contributed by atoms with Crippen LogP contribution < -0.4 is 4.74 Å². The van der Waals surface area contributed by atoms with Gasteiger partial charge in [-0.3, -0.25) is 0 Å². The minimum absolute atomic E-state index is 0.667. The summed E-state index contributed by atoms with van der Waals surface area (Å²) >= 11 is 0. The monoisotopic (exact) mass is 424 g/mol. The van der Waals surface area contributed by atoms with Gasteiger partial charge < -0.3 is 9.64 Å². The fourth-order valence-corrected chi connectivity index (χ4v) is 3.97. The van der Waals surface area contributed by atoms with Crippen LogP contribution in [0.1, 0.15) is 49.4 Å². The Balaban J connectivity index is 1.97. The normalized spacial score (nSPS) is 11.7. The van der Waals surface area contributed by atoms with Crippen molar-refractivity contribution in [2.24, 2.45) is 0 Å². The van der Waals surface area contributed by atoms with Gasteiger partial charge in [-0.2, -0.15) is 5.26 Å². The summed E-state index contributed by atoms with van der Waals surface area (Å²) in [6, 6.07) is 29.0. The van der Waals surface area contributed by atoms with E-state index in [2.05, 4.69) is 74.2 Å². The van der Waals surface area contributed by atoms with Crippen molar-refractivity contribution in [2.75, 3.05) is 26.2 Å². The van der Waals surface area contributed by atoms with Crippen molar-refractivity contribution in [2.45, 2.75) is 27.2 Å². The average molecular weight is 425 g/mol. The Bertz CT molecular complexity index is 1060. The number of rotatable bonds is 10. The van der Waals surface area contributed by atoms with E-state index in [0.717, 1.165) is 48.5 Å². The Morgan fingerprint density at radius 2 is 1.50 bits per heavy atom. The minimum Gasteiger partial charge on any atom is -0.492 e. The highest BCUT2D eigenvalue weighted by Crippen LogP contribution is 2.35. The topological polar surface area (TPSA) is 36.3 Å². The predicted molar refractivity (Wildman–Crippen MR) is 134 cm³/mol. The molecular weight excluding hydrogens is 392 g/mol. The molecule has 164 valence electrons. The summed E-state index contributed by atoms with van der Waals surface area (Å²) in [5.74, 6) is 0.879. The SMILES string of the molecule is CC/C(=C(/c1ccc(OCCN(CC)CC)cc1)c1cccc(C#N)c1)c1ccccc1. The summed E-state index contributed by atoms with van der Waals surface area (Å²) in [4.78, 5) is 2.35. The van der Waals surface area contributed by atoms with Crippen LogP contribution in [0.4, 0.5) is 0 Å². The summed E-state index contributed by atoms with van der Waals surface area (Å²) in [6.07, 6.45) is 0.887. The predicted octanol–water partition coefficient (Wildman–Crippen LogP) is 6.65. The van der Waals surface area contributed by atoms with Crippen LogP contribution in [0.15, 0.2) is 78.9 Å². The van der Waals surface area contributed by atoms with Crippen LogP contribution in [0.25, 0.3) is 11.1 Å². The molecule has 0 saturated heterocycles. The van der Waals surface area contributed by atoms with Crippen LogP contribution in [-0.4, -0.2) is 31.1 Å². The van der Waals surface area contributed by atoms with Gasteiger partial charge in [-0.15, -0.1) is 0 Å². The van der Waals surface area contributed by atoms with Crippen LogP contribution >= 0.6 is 0 Å². The van der Waals surface area contributed by atoms with Gasteiger partial charge >= 0.3 is 0 Å². The smallest absolute Gasteiger partial charge is 0.119 e. The first kappa shape index (κ1) is 23.3. The lowest BCUT2D eigenvalue weighted by Crippen LogP contribution is -2.27. The molecule has 0 bridgehead atoms. The quantitative estimate of drug-likeness (QED) is 0.342. The highest BCUT2D eigenvalue weighted by Gasteiger charge is 2.14. The summed E-state index contributed by atoms with van der Waals surface area (Å²) in [5, 5.41) is 9.43. The number of likely N-dealkylation sites (N-methyl/N-ethyl adjacent to an activating group) is 1. The largest absolute Gasteiger partial charge is 0.492 e. The number of hydrogen-bond acceptors (Lipinski definition) is 3. The second-order valence-corrected chi connectivity index (χ2v) is 7.67. The molecular formula is C29H32N2O. The lowest BCUT2D eigenvalue weighted by Gasteiger charge is -2.19. The Hall–Kier alpha value is -3.35. The second-order valence-electron chi connectivity index (χ2n) is 7.67. The minimum atomic E-state index is 0.667. The molecule has 0 spiro atoms. The molecule has 3 aromatic rings. The highest BCUT2D eigenvalue weighted by molar-refractivity contribution is 5.98. The first-order valence-corrected chi connectivity index (χ1v) is 11.4. The molecule has 0 amide bonds. The van der Waals surface area contributed by atoms with E-state index in [9.17, 15) is 5.26 Å². The highest BCUT2D eigenvalue weighted by atomic mass is 16.5. The maximum Gasteiger partial charge on any atom is 0.119 e. The first-order chi connectivity index (χ1) is 15.7. The molecule has 3 rings (SSSR count). The number of benzene rings is 3. The number of allylic oxidation sites excluding steroid dienone is 1. The Morgan fingerprint density at radius 1 is 0.812 bits per heavy atom. The summed E-state index contributed by atoms with van der Waals surface area (Å²) in [6.45, 7) is 10.2. The van der Waals surface area contributed by atoms with Crippen LogP contribution in [-0.2, 0) is 0 Å². The molecule has 0 atom stereocenters. The van der Waals surface area contributed by atoms with Crippen LogP contribution in [0.5, 0.6) is 5.75 Å². The molecule has 0 heterocycles. The summed E-state index contributed by atoms with van der Waals surface area (Å²) in [5.41, 5.74) is 6.46. The van der Waals surface area contributed by atoms with Crippen LogP contribution in [0.2, 0.25) is 0 Å². The van der Waals surface area contributed by atoms with Crippen LogP contribution in [0, 0.1) is 11.3 Å². The lowest BCUT2D eigenvalue weighted by atomic mass is 9.87. The van der Waals surface area contributed by atoms with Crippen molar-refractivity contribution < 1.29 is 4.74 Å². The molecule has 0 N–H and O–H groups in total. The molecule has 3 heteroatoms. The molecule has 0 aliphatic carbocycles. The van der Waals surface area contributed by atoms with Gasteiger partial charge in [-0.25, -0.2) is 0 Å². The number of nitriles is 1. The molecule has 0 aliphatic heterocycles. The first-order valence-electron chi connectivity index (χ1n) is 11.4. The van der Waals surface area contributed by atoms with Gasteiger partial charge in [0.1, 0.15) is 12.4 Å². The van der Waals surface area contributed by atoms with E-state index in [0.29, 0.717) is 12.2 Å². The Morgan fingerprint density at radius 3 is 2.12 bits per heavy atom. The third-order valence-corrected chi connectivity index (χ3v) is 5.77. The van der Waals surface area contributed by atoms with Gasteiger partial charge in [0.15, 0.2) is 0 Å². The average Bonchev–Trinajstić information content (AvgIpc) is 2.86. The number of nitrogens with zero attached hydrogens (tertiary/aromatic N) is 2. The number of ether oxygens (including phenoxy) is 1. The fraction of sp³-hybridized carbons (Fsp3) is 0.276. The van der Waals surface area contributed by atoms with E-state index in [1.54, 1.807) is 0 Å². The Labute approximate surface area is 192 Å². The summed E-state index contributed by atoms with van der Waals surface area (Å²) < 4.78 is 5.99. The molecule has 0 fully saturated rings. The van der Waals surface area contributed by atoms with Crippen molar-refractivity contribution in [3.63, 3.8) is 0 Å². The molecule has 3 aromatic carbocycles. The molecule has 3 nitrogen and oxygen atoms in total. The van der Waals surface area contributed by atoms with E-state index in [4.69, 9.17) is 4.74 Å². The molecule has 0 radical (unpaired) electrons. The van der Waals surface area contributed by atoms with Crippen molar-refractivity contribution in [3.8, 4) is 11.8 Å². The Kier molecular flexibility index (Phi) is 8.66. The van der Waals surface area contributed by atoms with Crippen molar-refractivity contribution in [3.05, 3.63) is 101 Å². The van der Waals surface area contributed by atoms with Gasteiger partial charge in [0.05, 0.1) is 11.6 Å². The van der Waals surface area contributed by atoms with Gasteiger partial charge in [-0.1, -0.05) is 75.4 Å². The zero-order valence-corrected chi connectivity index (χ0v) is 19.3. The molecule has 0 aliphatic rings. The third kappa shape index (κ3) is 5.87. The van der Waals surface area contributed by atoms with E-state index in [1.165, 1.54) is 11.1 Å². The number of hydrogen-bond donors (Lipinski definition) is 0. The van der Waals surface area contributed by atoms with Gasteiger partial charge in [0, 0.05) is 6.54 Å². The molecule has 0 unspecified atom stereocenters. The maximum atomic E-state index is 9.43. The zero-order valence-electron chi connectivity index (χ0n) is 19.3. The van der Waals surface area contributed by atoms with E-state index >= 15 is 0 Å². The van der Waals surface area contributed by atoms with Gasteiger partial charge in [0.25, 0.3) is 0 Å². The van der Waals surface area contributed by atoms with E-state index in [-0.39, 0.29) is 0 Å². The summed E-state index contributed by atoms with van der Waals surface area (Å²) in [7, 11) is 0. The molecule has 32 heavy (non-hydrogen) atoms.